The molecular formula is C19H18N2O4S. The molecule has 0 bridgehead atoms. The molecule has 7 heteroatoms. The molecule has 0 saturated carbocycles. The van der Waals surface area contributed by atoms with Crippen LogP contribution in [-0.2, 0) is 9.53 Å². The third-order valence-electron chi connectivity index (χ3n) is 4.03. The number of aliphatic imine (C=N–C) groups is 1. The van der Waals surface area contributed by atoms with Gasteiger partial charge in [0, 0.05) is 24.4 Å². The summed E-state index contributed by atoms with van der Waals surface area (Å²) in [6.45, 7) is 1.99. The van der Waals surface area contributed by atoms with Crippen molar-refractivity contribution in [2.24, 2.45) is 4.99 Å². The van der Waals surface area contributed by atoms with E-state index in [1.807, 2.05) is 30.3 Å². The van der Waals surface area contributed by atoms with Crippen molar-refractivity contribution >= 4 is 34.4 Å². The number of ether oxygens (including phenoxy) is 1. The third-order valence-corrected chi connectivity index (χ3v) is 4.78. The zero-order valence-corrected chi connectivity index (χ0v) is 15.0. The summed E-state index contributed by atoms with van der Waals surface area (Å²) in [5.74, 6) is -0.669. The summed E-state index contributed by atoms with van der Waals surface area (Å²) >= 11 is 1.17. The van der Waals surface area contributed by atoms with Gasteiger partial charge < -0.3 is 9.84 Å². The van der Waals surface area contributed by atoms with Crippen molar-refractivity contribution in [1.29, 1.82) is 0 Å². The normalized spacial score (nSPS) is 17.7. The number of aromatic nitrogens is 1. The quantitative estimate of drug-likeness (QED) is 0.635. The zero-order chi connectivity index (χ0) is 18.5. The van der Waals surface area contributed by atoms with Gasteiger partial charge in [0.15, 0.2) is 11.5 Å². The number of hydrogen-bond acceptors (Lipinski definition) is 7. The number of hydrogen-bond donors (Lipinski definition) is 1. The maximum Gasteiger partial charge on any atom is 0.357 e. The van der Waals surface area contributed by atoms with Crippen molar-refractivity contribution < 1.29 is 19.4 Å². The maximum absolute atomic E-state index is 12.4. The van der Waals surface area contributed by atoms with Crippen LogP contribution in [0.1, 0.15) is 41.7 Å². The van der Waals surface area contributed by atoms with Gasteiger partial charge in [-0.1, -0.05) is 30.3 Å². The van der Waals surface area contributed by atoms with Crippen LogP contribution < -0.4 is 0 Å². The van der Waals surface area contributed by atoms with Crippen LogP contribution in [0.15, 0.2) is 52.0 Å². The molecule has 26 heavy (non-hydrogen) atoms. The molecule has 1 aromatic heterocycles. The lowest BCUT2D eigenvalue weighted by Crippen LogP contribution is -2.19. The number of benzene rings is 1. The Hall–Kier alpha value is -2.80. The fourth-order valence-electron chi connectivity index (χ4n) is 2.76. The molecule has 0 saturated heterocycles. The monoisotopic (exact) mass is 370 g/mol. The van der Waals surface area contributed by atoms with E-state index in [-0.39, 0.29) is 35.3 Å². The summed E-state index contributed by atoms with van der Waals surface area (Å²) in [7, 11) is 0. The van der Waals surface area contributed by atoms with Gasteiger partial charge in [-0.2, -0.15) is 0 Å². The molecule has 0 fully saturated rings. The number of aliphatic hydroxyl groups excluding tert-OH is 1. The van der Waals surface area contributed by atoms with E-state index < -0.39 is 5.97 Å². The molecule has 2 aromatic rings. The van der Waals surface area contributed by atoms with E-state index in [0.29, 0.717) is 18.0 Å². The summed E-state index contributed by atoms with van der Waals surface area (Å²) in [5, 5.41) is 12.2. The van der Waals surface area contributed by atoms with E-state index in [2.05, 4.69) is 9.98 Å². The minimum atomic E-state index is -0.508. The number of aliphatic hydroxyl groups is 1. The number of ketones is 1. The van der Waals surface area contributed by atoms with Crippen LogP contribution >= 0.6 is 11.3 Å². The molecule has 0 radical (unpaired) electrons. The fraction of sp³-hybridized carbons (Fsp3) is 0.263. The second-order valence-electron chi connectivity index (χ2n) is 5.79. The number of rotatable bonds is 5. The lowest BCUT2D eigenvalue weighted by atomic mass is 9.83. The highest BCUT2D eigenvalue weighted by Crippen LogP contribution is 2.33. The lowest BCUT2D eigenvalue weighted by molar-refractivity contribution is -0.116. The molecule has 1 atom stereocenters. The summed E-state index contributed by atoms with van der Waals surface area (Å²) in [4.78, 5) is 32.2. The first kappa shape index (κ1) is 18.0. The number of carbonyl (C=O) groups excluding carboxylic acids is 2. The van der Waals surface area contributed by atoms with Gasteiger partial charge in [0.25, 0.3) is 0 Å². The van der Waals surface area contributed by atoms with Crippen molar-refractivity contribution in [2.75, 3.05) is 6.61 Å². The number of nitrogens with zero attached hydrogens (tertiary/aromatic N) is 2. The Bertz CT molecular complexity index is 871. The second-order valence-corrected chi connectivity index (χ2v) is 6.63. The van der Waals surface area contributed by atoms with Crippen LogP contribution in [0.3, 0.4) is 0 Å². The first-order valence-electron chi connectivity index (χ1n) is 8.25. The van der Waals surface area contributed by atoms with Crippen molar-refractivity contribution in [3.63, 3.8) is 0 Å². The number of carbonyl (C=O) groups is 2. The molecule has 134 valence electrons. The smallest absolute Gasteiger partial charge is 0.357 e. The highest BCUT2D eigenvalue weighted by Gasteiger charge is 2.27. The SMILES string of the molecule is CCOC(=O)c1csc(N=CC2=C(O)CC(c3ccccc3)CC2=O)n1. The van der Waals surface area contributed by atoms with Gasteiger partial charge in [-0.25, -0.2) is 14.8 Å². The average molecular weight is 370 g/mol. The zero-order valence-electron chi connectivity index (χ0n) is 14.2. The highest BCUT2D eigenvalue weighted by molar-refractivity contribution is 7.13. The predicted octanol–water partition coefficient (Wildman–Crippen LogP) is 3.98. The van der Waals surface area contributed by atoms with E-state index in [4.69, 9.17) is 4.74 Å². The molecule has 1 unspecified atom stereocenters. The molecule has 1 aromatic carbocycles. The Morgan fingerprint density at radius 3 is 2.85 bits per heavy atom. The Balaban J connectivity index is 1.74. The summed E-state index contributed by atoms with van der Waals surface area (Å²) in [6, 6.07) is 9.66. The van der Waals surface area contributed by atoms with Crippen molar-refractivity contribution in [1.82, 2.24) is 4.98 Å². The summed E-state index contributed by atoms with van der Waals surface area (Å²) in [5.41, 5.74) is 1.41. The van der Waals surface area contributed by atoms with Crippen LogP contribution in [0.2, 0.25) is 0 Å². The topological polar surface area (TPSA) is 88.9 Å². The molecule has 6 nitrogen and oxygen atoms in total. The first-order chi connectivity index (χ1) is 12.6. The van der Waals surface area contributed by atoms with Crippen molar-refractivity contribution in [2.45, 2.75) is 25.7 Å². The third kappa shape index (κ3) is 4.05. The second kappa shape index (κ2) is 8.05. The molecule has 0 spiro atoms. The standard InChI is InChI=1S/C19H18N2O4S/c1-2-25-18(24)15-11-26-19(21-15)20-10-14-16(22)8-13(9-17(14)23)12-6-4-3-5-7-12/h3-7,10-11,13,22H,2,8-9H2,1H3. The Labute approximate surface area is 154 Å². The minimum Gasteiger partial charge on any atom is -0.511 e. The van der Waals surface area contributed by atoms with E-state index in [1.165, 1.54) is 17.6 Å². The molecule has 0 amide bonds. The molecule has 1 aliphatic carbocycles. The van der Waals surface area contributed by atoms with Gasteiger partial charge in [0.2, 0.25) is 5.13 Å². The molecule has 1 heterocycles. The largest absolute Gasteiger partial charge is 0.511 e. The number of esters is 1. The molecule has 0 aliphatic heterocycles. The van der Waals surface area contributed by atoms with Crippen molar-refractivity contribution in [3.05, 3.63) is 58.3 Å². The summed E-state index contributed by atoms with van der Waals surface area (Å²) in [6.07, 6.45) is 2.04. The summed E-state index contributed by atoms with van der Waals surface area (Å²) < 4.78 is 4.87. The molecule has 1 N–H and O–H groups in total. The average Bonchev–Trinajstić information content (AvgIpc) is 3.11. The van der Waals surface area contributed by atoms with Gasteiger partial charge in [0.1, 0.15) is 5.76 Å². The minimum absolute atomic E-state index is 0.0287. The number of allylic oxidation sites excluding steroid dienone is 2. The van der Waals surface area contributed by atoms with Crippen LogP contribution in [0.5, 0.6) is 0 Å². The Morgan fingerprint density at radius 1 is 1.38 bits per heavy atom. The van der Waals surface area contributed by atoms with Crippen LogP contribution in [0.4, 0.5) is 5.13 Å². The fourth-order valence-corrected chi connectivity index (χ4v) is 3.39. The highest BCUT2D eigenvalue weighted by atomic mass is 32.1. The Morgan fingerprint density at radius 2 is 2.15 bits per heavy atom. The van der Waals surface area contributed by atoms with Crippen LogP contribution in [-0.4, -0.2) is 34.7 Å². The molecule has 1 aliphatic rings. The van der Waals surface area contributed by atoms with Crippen LogP contribution in [0, 0.1) is 0 Å². The van der Waals surface area contributed by atoms with E-state index in [9.17, 15) is 14.7 Å². The number of Topliss-reactive ketones (excluding diaryl/α,β-unsaturated/α-hetero) is 1. The number of thiazole rings is 1. The van der Waals surface area contributed by atoms with E-state index in [0.717, 1.165) is 5.56 Å². The van der Waals surface area contributed by atoms with Gasteiger partial charge >= 0.3 is 5.97 Å². The van der Waals surface area contributed by atoms with E-state index >= 15 is 0 Å². The van der Waals surface area contributed by atoms with Crippen LogP contribution in [0.25, 0.3) is 0 Å². The predicted molar refractivity (Wildman–Crippen MR) is 99.3 cm³/mol. The van der Waals surface area contributed by atoms with Gasteiger partial charge in [0.05, 0.1) is 12.2 Å². The lowest BCUT2D eigenvalue weighted by Gasteiger charge is -2.22. The van der Waals surface area contributed by atoms with Gasteiger partial charge in [-0.05, 0) is 18.4 Å². The first-order valence-corrected chi connectivity index (χ1v) is 9.13. The van der Waals surface area contributed by atoms with E-state index in [1.54, 1.807) is 12.3 Å². The molecular weight excluding hydrogens is 352 g/mol. The maximum atomic E-state index is 12.4. The molecule has 3 rings (SSSR count). The Kier molecular flexibility index (Phi) is 5.58. The van der Waals surface area contributed by atoms with Gasteiger partial charge in [-0.15, -0.1) is 11.3 Å². The van der Waals surface area contributed by atoms with Gasteiger partial charge in [-0.3, -0.25) is 4.79 Å². The van der Waals surface area contributed by atoms with Crippen molar-refractivity contribution in [3.8, 4) is 0 Å².